The molecule has 0 spiro atoms. The van der Waals surface area contributed by atoms with E-state index in [4.69, 9.17) is 0 Å². The second kappa shape index (κ2) is 3.71. The first-order chi connectivity index (χ1) is 6.72. The number of thioether (sulfide) groups is 1. The van der Waals surface area contributed by atoms with Gasteiger partial charge in [0.25, 0.3) is 0 Å². The molecule has 0 fully saturated rings. The molecule has 0 amide bonds. The molecule has 2 nitrogen and oxygen atoms in total. The highest BCUT2D eigenvalue weighted by Crippen LogP contribution is 2.28. The Morgan fingerprint density at radius 3 is 2.93 bits per heavy atom. The van der Waals surface area contributed by atoms with E-state index in [0.29, 0.717) is 0 Å². The summed E-state index contributed by atoms with van der Waals surface area (Å²) in [6.45, 7) is 1.60. The number of carbonyl (C=O) groups is 1. The largest absolute Gasteiger partial charge is 0.294 e. The van der Waals surface area contributed by atoms with E-state index in [1.54, 1.807) is 18.7 Å². The van der Waals surface area contributed by atoms with Crippen LogP contribution in [-0.4, -0.2) is 16.4 Å². The molecule has 0 N–H and O–H groups in total. The zero-order chi connectivity index (χ0) is 10.1. The fourth-order valence-electron chi connectivity index (χ4n) is 1.34. The van der Waals surface area contributed by atoms with Crippen LogP contribution < -0.4 is 0 Å². The van der Waals surface area contributed by atoms with Gasteiger partial charge in [0, 0.05) is 22.0 Å². The van der Waals surface area contributed by atoms with Crippen molar-refractivity contribution in [2.45, 2.75) is 11.8 Å². The van der Waals surface area contributed by atoms with Gasteiger partial charge in [-0.3, -0.25) is 4.79 Å². The van der Waals surface area contributed by atoms with Gasteiger partial charge in [-0.25, -0.2) is 0 Å². The van der Waals surface area contributed by atoms with Crippen LogP contribution >= 0.6 is 23.3 Å². The maximum Gasteiger partial charge on any atom is 0.160 e. The average Bonchev–Trinajstić information content (AvgIpc) is 2.62. The average molecular weight is 223 g/mol. The van der Waals surface area contributed by atoms with Crippen LogP contribution in [0.5, 0.6) is 0 Å². The first kappa shape index (κ1) is 9.68. The summed E-state index contributed by atoms with van der Waals surface area (Å²) in [5, 5.41) is 1.12. The molecule has 4 heteroatoms. The number of hydrogen-bond acceptors (Lipinski definition) is 4. The van der Waals surface area contributed by atoms with E-state index < -0.39 is 0 Å². The van der Waals surface area contributed by atoms with E-state index in [1.807, 2.05) is 24.6 Å². The second-order valence-corrected chi connectivity index (χ2v) is 4.65. The maximum atomic E-state index is 11.4. The number of rotatable bonds is 2. The number of benzene rings is 1. The van der Waals surface area contributed by atoms with Crippen molar-refractivity contribution in [1.29, 1.82) is 0 Å². The minimum Gasteiger partial charge on any atom is -0.294 e. The standard InChI is InChI=1S/C10H9NOS2/c1-6(12)8-4-9-7(5-11-14-9)3-10(8)13-2/h3-5H,1-2H3. The quantitative estimate of drug-likeness (QED) is 0.578. The Morgan fingerprint density at radius 1 is 1.50 bits per heavy atom. The molecule has 1 heterocycles. The van der Waals surface area contributed by atoms with E-state index in [-0.39, 0.29) is 5.78 Å². The summed E-state index contributed by atoms with van der Waals surface area (Å²) in [5.41, 5.74) is 0.800. The van der Waals surface area contributed by atoms with Crippen LogP contribution in [0.25, 0.3) is 10.1 Å². The van der Waals surface area contributed by atoms with Crippen molar-refractivity contribution in [3.05, 3.63) is 23.9 Å². The van der Waals surface area contributed by atoms with Gasteiger partial charge in [-0.15, -0.1) is 11.8 Å². The van der Waals surface area contributed by atoms with E-state index in [1.165, 1.54) is 11.5 Å². The highest BCUT2D eigenvalue weighted by atomic mass is 32.2. The number of Topliss-reactive ketones (excluding diaryl/α,β-unsaturated/α-hetero) is 1. The summed E-state index contributed by atoms with van der Waals surface area (Å²) in [6.07, 6.45) is 3.82. The van der Waals surface area contributed by atoms with Gasteiger partial charge in [0.2, 0.25) is 0 Å². The third-order valence-electron chi connectivity index (χ3n) is 2.05. The molecule has 0 aliphatic rings. The van der Waals surface area contributed by atoms with Crippen molar-refractivity contribution in [1.82, 2.24) is 4.37 Å². The SMILES string of the molecule is CSc1cc2cnsc2cc1C(C)=O. The summed E-state index contributed by atoms with van der Waals surface area (Å²) in [4.78, 5) is 12.4. The van der Waals surface area contributed by atoms with Gasteiger partial charge in [0.1, 0.15) is 0 Å². The zero-order valence-electron chi connectivity index (χ0n) is 7.90. The van der Waals surface area contributed by atoms with Gasteiger partial charge in [-0.2, -0.15) is 4.37 Å². The van der Waals surface area contributed by atoms with Crippen LogP contribution in [0.3, 0.4) is 0 Å². The number of nitrogens with zero attached hydrogens (tertiary/aromatic N) is 1. The molecule has 0 aliphatic heterocycles. The fourth-order valence-corrected chi connectivity index (χ4v) is 2.67. The lowest BCUT2D eigenvalue weighted by Gasteiger charge is -2.03. The first-order valence-corrected chi connectivity index (χ1v) is 6.15. The van der Waals surface area contributed by atoms with Gasteiger partial charge in [0.05, 0.1) is 4.70 Å². The highest BCUT2D eigenvalue weighted by Gasteiger charge is 2.09. The van der Waals surface area contributed by atoms with Crippen LogP contribution in [0.1, 0.15) is 17.3 Å². The summed E-state index contributed by atoms with van der Waals surface area (Å²) in [7, 11) is 0. The van der Waals surface area contributed by atoms with E-state index in [0.717, 1.165) is 20.5 Å². The smallest absolute Gasteiger partial charge is 0.160 e. The molecule has 0 aliphatic carbocycles. The van der Waals surface area contributed by atoms with Gasteiger partial charge in [-0.1, -0.05) is 0 Å². The number of hydrogen-bond donors (Lipinski definition) is 0. The van der Waals surface area contributed by atoms with Crippen molar-refractivity contribution >= 4 is 39.2 Å². The molecule has 0 radical (unpaired) electrons. The van der Waals surface area contributed by atoms with Crippen LogP contribution in [0.15, 0.2) is 23.2 Å². The number of ketones is 1. The Labute approximate surface area is 90.5 Å². The Balaban J connectivity index is 2.72. The maximum absolute atomic E-state index is 11.4. The summed E-state index contributed by atoms with van der Waals surface area (Å²) in [5.74, 6) is 0.115. The number of fused-ring (bicyclic) bond motifs is 1. The number of carbonyl (C=O) groups excluding carboxylic acids is 1. The molecule has 1 aromatic carbocycles. The van der Waals surface area contributed by atoms with Gasteiger partial charge in [-0.05, 0) is 36.8 Å². The molecule has 14 heavy (non-hydrogen) atoms. The van der Waals surface area contributed by atoms with Crippen LogP contribution in [-0.2, 0) is 0 Å². The number of aromatic nitrogens is 1. The van der Waals surface area contributed by atoms with Crippen molar-refractivity contribution < 1.29 is 4.79 Å². The lowest BCUT2D eigenvalue weighted by molar-refractivity contribution is 0.101. The third kappa shape index (κ3) is 1.55. The lowest BCUT2D eigenvalue weighted by atomic mass is 10.1. The minimum absolute atomic E-state index is 0.115. The molecule has 0 saturated heterocycles. The molecule has 1 aromatic heterocycles. The molecule has 2 rings (SSSR count). The molecular formula is C10H9NOS2. The fraction of sp³-hybridized carbons (Fsp3) is 0.200. The molecule has 72 valence electrons. The topological polar surface area (TPSA) is 30.0 Å². The Hall–Kier alpha value is -0.870. The normalized spacial score (nSPS) is 10.7. The Kier molecular flexibility index (Phi) is 2.56. The zero-order valence-corrected chi connectivity index (χ0v) is 9.54. The van der Waals surface area contributed by atoms with Crippen LogP contribution in [0, 0.1) is 0 Å². The second-order valence-electron chi connectivity index (χ2n) is 2.97. The van der Waals surface area contributed by atoms with Gasteiger partial charge < -0.3 is 0 Å². The van der Waals surface area contributed by atoms with Crippen LogP contribution in [0.4, 0.5) is 0 Å². The lowest BCUT2D eigenvalue weighted by Crippen LogP contribution is -1.94. The molecule has 0 unspecified atom stereocenters. The Bertz CT molecular complexity index is 490. The van der Waals surface area contributed by atoms with Gasteiger partial charge >= 0.3 is 0 Å². The summed E-state index contributed by atoms with van der Waals surface area (Å²) >= 11 is 3.02. The van der Waals surface area contributed by atoms with Crippen molar-refractivity contribution in [2.75, 3.05) is 6.26 Å². The highest BCUT2D eigenvalue weighted by molar-refractivity contribution is 7.98. The van der Waals surface area contributed by atoms with E-state index in [9.17, 15) is 4.79 Å². The predicted octanol–water partition coefficient (Wildman–Crippen LogP) is 3.22. The monoisotopic (exact) mass is 223 g/mol. The van der Waals surface area contributed by atoms with E-state index in [2.05, 4.69) is 4.37 Å². The van der Waals surface area contributed by atoms with E-state index >= 15 is 0 Å². The molecule has 2 aromatic rings. The summed E-state index contributed by atoms with van der Waals surface area (Å²) < 4.78 is 5.18. The molecular weight excluding hydrogens is 214 g/mol. The van der Waals surface area contributed by atoms with Crippen molar-refractivity contribution in [2.24, 2.45) is 0 Å². The summed E-state index contributed by atoms with van der Waals surface area (Å²) in [6, 6.07) is 3.96. The van der Waals surface area contributed by atoms with Crippen LogP contribution in [0.2, 0.25) is 0 Å². The van der Waals surface area contributed by atoms with Gasteiger partial charge in [0.15, 0.2) is 5.78 Å². The molecule has 0 bridgehead atoms. The molecule has 0 atom stereocenters. The Morgan fingerprint density at radius 2 is 2.29 bits per heavy atom. The minimum atomic E-state index is 0.115. The first-order valence-electron chi connectivity index (χ1n) is 4.15. The predicted molar refractivity (Wildman–Crippen MR) is 61.4 cm³/mol. The molecule has 0 saturated carbocycles. The van der Waals surface area contributed by atoms with Crippen molar-refractivity contribution in [3.8, 4) is 0 Å². The van der Waals surface area contributed by atoms with Crippen molar-refractivity contribution in [3.63, 3.8) is 0 Å². The third-order valence-corrected chi connectivity index (χ3v) is 3.59.